The third kappa shape index (κ3) is 14.4. The van der Waals surface area contributed by atoms with Crippen LogP contribution in [0.5, 0.6) is 0 Å². The number of rotatable bonds is 26. The molecule has 0 heterocycles. The van der Waals surface area contributed by atoms with Crippen LogP contribution in [0.4, 0.5) is 17.1 Å². The first-order valence-electron chi connectivity index (χ1n) is 22.9. The van der Waals surface area contributed by atoms with Gasteiger partial charge in [-0.2, -0.15) is 29.8 Å². The molecule has 350 valence electrons. The van der Waals surface area contributed by atoms with Crippen molar-refractivity contribution in [2.24, 2.45) is 0 Å². The molecule has 0 spiro atoms. The van der Waals surface area contributed by atoms with Gasteiger partial charge in [0.1, 0.15) is 16.3 Å². The first-order chi connectivity index (χ1) is 31.2. The van der Waals surface area contributed by atoms with Crippen LogP contribution in [0.2, 0.25) is 0 Å². The summed E-state index contributed by atoms with van der Waals surface area (Å²) in [6, 6.07) is 27.5. The molecule has 5 rings (SSSR count). The van der Waals surface area contributed by atoms with Gasteiger partial charge in [-0.25, -0.2) is 0 Å². The van der Waals surface area contributed by atoms with Crippen molar-refractivity contribution >= 4 is 58.7 Å². The molecule has 0 aliphatic heterocycles. The summed E-state index contributed by atoms with van der Waals surface area (Å²) < 4.78 is 102. The smallest absolute Gasteiger partial charge is 0.297 e. The summed E-state index contributed by atoms with van der Waals surface area (Å²) in [5, 5.41) is 0. The van der Waals surface area contributed by atoms with Crippen LogP contribution in [-0.4, -0.2) is 66.4 Å². The summed E-state index contributed by atoms with van der Waals surface area (Å²) in [6.45, 7) is 9.83. The van der Waals surface area contributed by atoms with E-state index in [0.717, 1.165) is 75.6 Å². The predicted octanol–water partition coefficient (Wildman–Crippen LogP) is 12.0. The third-order valence-corrected chi connectivity index (χ3v) is 14.7. The van der Waals surface area contributed by atoms with E-state index in [1.165, 1.54) is 6.07 Å². The lowest BCUT2D eigenvalue weighted by molar-refractivity contribution is -0.439. The monoisotopic (exact) mass is 945 g/mol. The van der Waals surface area contributed by atoms with E-state index < -0.39 is 30.4 Å². The molecule has 0 aromatic heterocycles. The largest absolute Gasteiger partial charge is 0.341 e. The van der Waals surface area contributed by atoms with E-state index in [-0.39, 0.29) is 27.9 Å². The fourth-order valence-electron chi connectivity index (χ4n) is 7.58. The van der Waals surface area contributed by atoms with Crippen molar-refractivity contribution in [3.8, 4) is 0 Å². The van der Waals surface area contributed by atoms with Crippen LogP contribution < -0.4 is 4.90 Å². The maximum atomic E-state index is 13.2. The summed E-state index contributed by atoms with van der Waals surface area (Å²) in [4.78, 5) is 1.97. The Morgan fingerprint density at radius 2 is 1.14 bits per heavy atom. The maximum absolute atomic E-state index is 13.2. The lowest BCUT2D eigenvalue weighted by atomic mass is 9.90. The lowest BCUT2D eigenvalue weighted by Crippen LogP contribution is -2.19. The number of anilines is 2. The number of unbranched alkanes of at least 4 members (excludes halogenated alkanes) is 8. The van der Waals surface area contributed by atoms with Crippen LogP contribution in [-0.2, 0) is 38.7 Å². The number of nitrogens with zero attached hydrogens (tertiary/aromatic N) is 2. The van der Waals surface area contributed by atoms with Crippen molar-refractivity contribution in [2.45, 2.75) is 119 Å². The van der Waals surface area contributed by atoms with E-state index in [1.807, 2.05) is 60.7 Å². The van der Waals surface area contributed by atoms with Gasteiger partial charge in [0.25, 0.3) is 30.4 Å². The van der Waals surface area contributed by atoms with E-state index in [0.29, 0.717) is 59.6 Å². The highest BCUT2D eigenvalue weighted by Crippen LogP contribution is 2.36. The van der Waals surface area contributed by atoms with Crippen LogP contribution in [0.3, 0.4) is 0 Å². The molecule has 0 unspecified atom stereocenters. The van der Waals surface area contributed by atoms with Crippen molar-refractivity contribution in [3.05, 3.63) is 138 Å². The summed E-state index contributed by atoms with van der Waals surface area (Å²) in [5.74, 6) is 0. The molecule has 65 heavy (non-hydrogen) atoms. The Bertz CT molecular complexity index is 2650. The standard InChI is InChI=1S/C51H64N2O9S3/c1-5-9-13-17-37-61-64(57,58)47-23-19-21-45(39-47)52(35-11-7-3)43-31-27-41(28-32-43)51(49-25-15-16-26-50(49)63(54,55)56)42-29-33-44(34-30-42)53(36-12-8-4)46-22-20-24-48(40-46)65(59,60)62-38-18-14-10-6-2/h15-16,19-34,39-40H,5-14,17-18,35-38H2,1-4H3/p+1. The van der Waals surface area contributed by atoms with E-state index in [9.17, 15) is 29.8 Å². The van der Waals surface area contributed by atoms with E-state index in [2.05, 4.69) is 37.2 Å². The minimum atomic E-state index is -4.64. The zero-order valence-electron chi connectivity index (χ0n) is 38.2. The molecule has 4 aromatic rings. The van der Waals surface area contributed by atoms with Crippen LogP contribution in [0.15, 0.2) is 142 Å². The van der Waals surface area contributed by atoms with Gasteiger partial charge >= 0.3 is 0 Å². The zero-order chi connectivity index (χ0) is 46.9. The Balaban J connectivity index is 1.55. The van der Waals surface area contributed by atoms with E-state index in [4.69, 9.17) is 8.37 Å². The second-order valence-electron chi connectivity index (χ2n) is 16.1. The second-order valence-corrected chi connectivity index (χ2v) is 20.7. The van der Waals surface area contributed by atoms with Crippen molar-refractivity contribution in [1.29, 1.82) is 0 Å². The van der Waals surface area contributed by atoms with Crippen LogP contribution in [0, 0.1) is 0 Å². The summed E-state index contributed by atoms with van der Waals surface area (Å²) >= 11 is 0. The zero-order valence-corrected chi connectivity index (χ0v) is 40.6. The summed E-state index contributed by atoms with van der Waals surface area (Å²) in [7, 11) is -12.6. The van der Waals surface area contributed by atoms with Gasteiger partial charge in [0, 0.05) is 54.2 Å². The highest BCUT2D eigenvalue weighted by Gasteiger charge is 2.25. The van der Waals surface area contributed by atoms with Gasteiger partial charge in [-0.15, -0.1) is 0 Å². The average Bonchev–Trinajstić information content (AvgIpc) is 3.30. The van der Waals surface area contributed by atoms with Gasteiger partial charge in [-0.05, 0) is 90.6 Å². The van der Waals surface area contributed by atoms with Gasteiger partial charge < -0.3 is 4.90 Å². The molecule has 1 aliphatic carbocycles. The molecule has 1 N–H and O–H groups in total. The molecule has 0 radical (unpaired) electrons. The molecule has 0 bridgehead atoms. The van der Waals surface area contributed by atoms with Crippen LogP contribution >= 0.6 is 0 Å². The Labute approximate surface area is 388 Å². The van der Waals surface area contributed by atoms with Gasteiger partial charge in [-0.1, -0.05) is 122 Å². The molecule has 14 heteroatoms. The Kier molecular flexibility index (Phi) is 19.5. The summed E-state index contributed by atoms with van der Waals surface area (Å²) in [6.07, 6.45) is 18.3. The second kappa shape index (κ2) is 24.7. The first kappa shape index (κ1) is 51.3. The molecule has 11 nitrogen and oxygen atoms in total. The van der Waals surface area contributed by atoms with Gasteiger partial charge in [0.15, 0.2) is 0 Å². The molecular weight excluding hydrogens is 881 g/mol. The summed E-state index contributed by atoms with van der Waals surface area (Å²) in [5.41, 5.74) is 5.19. The number of hydrogen-bond donors (Lipinski definition) is 1. The van der Waals surface area contributed by atoms with E-state index in [1.54, 1.807) is 54.6 Å². The SMILES string of the molecule is CCCCCCOS(=O)(=O)c1cccc(N(CCCC)c2ccc(C(=C3C=CC(=[N+](CCCC)c4cccc(S(=O)(=O)OCCCCCC)c4)C=C3)c3ccccc3S(=O)(=O)O)cc2)c1. The highest BCUT2D eigenvalue weighted by atomic mass is 32.2. The fourth-order valence-corrected chi connectivity index (χ4v) is 10.2. The normalized spacial score (nSPS) is 13.1. The van der Waals surface area contributed by atoms with Crippen molar-refractivity contribution in [2.75, 3.05) is 31.2 Å². The Morgan fingerprint density at radius 1 is 0.569 bits per heavy atom. The molecule has 0 saturated heterocycles. The quantitative estimate of drug-likeness (QED) is 0.0279. The topological polar surface area (TPSA) is 147 Å². The first-order valence-corrected chi connectivity index (χ1v) is 27.2. The fraction of sp³-hybridized carbons (Fsp3) is 0.392. The van der Waals surface area contributed by atoms with Crippen molar-refractivity contribution in [3.63, 3.8) is 0 Å². The van der Waals surface area contributed by atoms with Crippen molar-refractivity contribution < 1.29 is 42.7 Å². The molecular formula is C51H65N2O9S3+. The number of benzene rings is 4. The van der Waals surface area contributed by atoms with Gasteiger partial charge in [-0.3, -0.25) is 12.9 Å². The molecule has 0 atom stereocenters. The predicted molar refractivity (Wildman–Crippen MR) is 261 cm³/mol. The van der Waals surface area contributed by atoms with Crippen molar-refractivity contribution in [1.82, 2.24) is 0 Å². The minimum absolute atomic E-state index is 0.0812. The highest BCUT2D eigenvalue weighted by molar-refractivity contribution is 7.87. The Hall–Kier alpha value is -4.70. The third-order valence-electron chi connectivity index (χ3n) is 11.1. The molecule has 1 aliphatic rings. The van der Waals surface area contributed by atoms with Crippen LogP contribution in [0.25, 0.3) is 5.57 Å². The molecule has 0 saturated carbocycles. The van der Waals surface area contributed by atoms with Crippen LogP contribution in [0.1, 0.15) is 116 Å². The average molecular weight is 946 g/mol. The minimum Gasteiger partial charge on any atom is -0.341 e. The molecule has 0 fully saturated rings. The van der Waals surface area contributed by atoms with Gasteiger partial charge in [0.05, 0.1) is 18.1 Å². The molecule has 0 amide bonds. The van der Waals surface area contributed by atoms with Gasteiger partial charge in [0.2, 0.25) is 11.4 Å². The number of hydrogen-bond acceptors (Lipinski definition) is 9. The number of allylic oxidation sites excluding steroid dienone is 5. The lowest BCUT2D eigenvalue weighted by Gasteiger charge is -2.26. The Morgan fingerprint density at radius 3 is 1.72 bits per heavy atom. The maximum Gasteiger partial charge on any atom is 0.297 e. The molecule has 4 aromatic carbocycles. The van der Waals surface area contributed by atoms with E-state index >= 15 is 0 Å².